The number of rotatable bonds is 2. The van der Waals surface area contributed by atoms with Crippen LogP contribution in [0.4, 0.5) is 0 Å². The standard InChI is InChI=1S/C14H20N4/c1-11(2)17-9-6-12(7-10-17)14-15-13-5-3-4-8-18(13)16-14/h3-5,8,11-12H,6-7,9-10H2,1-2H3. The molecule has 0 radical (unpaired) electrons. The minimum atomic E-state index is 0.528. The summed E-state index contributed by atoms with van der Waals surface area (Å²) in [6, 6.07) is 6.67. The second-order valence-corrected chi connectivity index (χ2v) is 5.38. The van der Waals surface area contributed by atoms with Gasteiger partial charge in [-0.25, -0.2) is 9.50 Å². The number of likely N-dealkylation sites (tertiary alicyclic amines) is 1. The van der Waals surface area contributed by atoms with Crippen LogP contribution in [0.3, 0.4) is 0 Å². The molecule has 0 atom stereocenters. The largest absolute Gasteiger partial charge is 0.301 e. The van der Waals surface area contributed by atoms with Crippen molar-refractivity contribution in [3.8, 4) is 0 Å². The minimum absolute atomic E-state index is 0.528. The van der Waals surface area contributed by atoms with Crippen molar-refractivity contribution in [2.45, 2.75) is 38.6 Å². The van der Waals surface area contributed by atoms with E-state index in [1.807, 2.05) is 28.9 Å². The predicted molar refractivity (Wildman–Crippen MR) is 71.7 cm³/mol. The van der Waals surface area contributed by atoms with E-state index in [0.29, 0.717) is 12.0 Å². The summed E-state index contributed by atoms with van der Waals surface area (Å²) >= 11 is 0. The molecule has 0 amide bonds. The highest BCUT2D eigenvalue weighted by Gasteiger charge is 2.24. The smallest absolute Gasteiger partial charge is 0.155 e. The average molecular weight is 244 g/mol. The van der Waals surface area contributed by atoms with E-state index in [1.54, 1.807) is 0 Å². The molecule has 0 unspecified atom stereocenters. The van der Waals surface area contributed by atoms with Crippen molar-refractivity contribution >= 4 is 5.65 Å². The lowest BCUT2D eigenvalue weighted by Gasteiger charge is -2.33. The van der Waals surface area contributed by atoms with Gasteiger partial charge in [0.25, 0.3) is 0 Å². The van der Waals surface area contributed by atoms with Crippen LogP contribution in [0.25, 0.3) is 5.65 Å². The fourth-order valence-electron chi connectivity index (χ4n) is 2.70. The maximum absolute atomic E-state index is 4.64. The average Bonchev–Trinajstić information content (AvgIpc) is 2.82. The zero-order chi connectivity index (χ0) is 12.5. The molecule has 0 aliphatic carbocycles. The predicted octanol–water partition coefficient (Wildman–Crippen LogP) is 2.32. The van der Waals surface area contributed by atoms with Gasteiger partial charge in [0.05, 0.1) is 0 Å². The molecule has 0 aromatic carbocycles. The van der Waals surface area contributed by atoms with E-state index < -0.39 is 0 Å². The molecule has 4 nitrogen and oxygen atoms in total. The van der Waals surface area contributed by atoms with Crippen LogP contribution in [-0.4, -0.2) is 38.6 Å². The van der Waals surface area contributed by atoms with Crippen LogP contribution in [0.5, 0.6) is 0 Å². The van der Waals surface area contributed by atoms with E-state index in [9.17, 15) is 0 Å². The minimum Gasteiger partial charge on any atom is -0.301 e. The molecule has 18 heavy (non-hydrogen) atoms. The summed E-state index contributed by atoms with van der Waals surface area (Å²) in [5.41, 5.74) is 0.957. The van der Waals surface area contributed by atoms with Gasteiger partial charge in [0.2, 0.25) is 0 Å². The van der Waals surface area contributed by atoms with Crippen molar-refractivity contribution in [3.05, 3.63) is 30.2 Å². The second kappa shape index (κ2) is 4.69. The number of nitrogens with zero attached hydrogens (tertiary/aromatic N) is 4. The van der Waals surface area contributed by atoms with Crippen molar-refractivity contribution in [2.75, 3.05) is 13.1 Å². The lowest BCUT2D eigenvalue weighted by Crippen LogP contribution is -2.38. The fraction of sp³-hybridized carbons (Fsp3) is 0.571. The van der Waals surface area contributed by atoms with Crippen molar-refractivity contribution in [2.24, 2.45) is 0 Å². The van der Waals surface area contributed by atoms with Gasteiger partial charge in [0.15, 0.2) is 11.5 Å². The topological polar surface area (TPSA) is 33.4 Å². The summed E-state index contributed by atoms with van der Waals surface area (Å²) in [7, 11) is 0. The Hall–Kier alpha value is -1.42. The monoisotopic (exact) mass is 244 g/mol. The van der Waals surface area contributed by atoms with Crippen LogP contribution in [0.15, 0.2) is 24.4 Å². The van der Waals surface area contributed by atoms with Crippen LogP contribution in [0.1, 0.15) is 38.4 Å². The van der Waals surface area contributed by atoms with Crippen molar-refractivity contribution in [3.63, 3.8) is 0 Å². The molecule has 0 N–H and O–H groups in total. The molecular formula is C14H20N4. The molecule has 1 aliphatic heterocycles. The Kier molecular flexibility index (Phi) is 3.04. The molecule has 0 saturated carbocycles. The van der Waals surface area contributed by atoms with E-state index in [4.69, 9.17) is 0 Å². The first kappa shape index (κ1) is 11.7. The molecule has 3 rings (SSSR count). The van der Waals surface area contributed by atoms with Gasteiger partial charge in [0.1, 0.15) is 0 Å². The SMILES string of the molecule is CC(C)N1CCC(c2nc3ccccn3n2)CC1. The first-order valence-corrected chi connectivity index (χ1v) is 6.79. The first-order chi connectivity index (χ1) is 8.74. The molecule has 3 heterocycles. The van der Waals surface area contributed by atoms with Crippen LogP contribution >= 0.6 is 0 Å². The summed E-state index contributed by atoms with van der Waals surface area (Å²) in [5, 5.41) is 4.59. The molecule has 0 bridgehead atoms. The lowest BCUT2D eigenvalue weighted by atomic mass is 9.95. The number of aromatic nitrogens is 3. The van der Waals surface area contributed by atoms with Gasteiger partial charge < -0.3 is 4.90 Å². The maximum atomic E-state index is 4.64. The number of piperidine rings is 1. The third-order valence-electron chi connectivity index (χ3n) is 3.88. The molecule has 1 aliphatic rings. The normalized spacial score (nSPS) is 18.8. The Balaban J connectivity index is 1.76. The molecule has 4 heteroatoms. The number of hydrogen-bond donors (Lipinski definition) is 0. The van der Waals surface area contributed by atoms with E-state index in [1.165, 1.54) is 12.8 Å². The van der Waals surface area contributed by atoms with E-state index in [0.717, 1.165) is 24.6 Å². The van der Waals surface area contributed by atoms with Gasteiger partial charge in [-0.05, 0) is 51.9 Å². The lowest BCUT2D eigenvalue weighted by molar-refractivity contribution is 0.169. The Bertz CT molecular complexity index is 490. The van der Waals surface area contributed by atoms with Gasteiger partial charge in [-0.15, -0.1) is 0 Å². The molecule has 2 aromatic rings. The summed E-state index contributed by atoms with van der Waals surface area (Å²) in [6.45, 7) is 6.86. The van der Waals surface area contributed by atoms with Gasteiger partial charge in [-0.2, -0.15) is 5.10 Å². The van der Waals surface area contributed by atoms with E-state index in [2.05, 4.69) is 28.8 Å². The van der Waals surface area contributed by atoms with Crippen LogP contribution in [0.2, 0.25) is 0 Å². The summed E-state index contributed by atoms with van der Waals surface area (Å²) in [4.78, 5) is 7.17. The first-order valence-electron chi connectivity index (χ1n) is 6.79. The van der Waals surface area contributed by atoms with Gasteiger partial charge in [-0.1, -0.05) is 6.07 Å². The van der Waals surface area contributed by atoms with Crippen molar-refractivity contribution in [1.29, 1.82) is 0 Å². The van der Waals surface area contributed by atoms with E-state index >= 15 is 0 Å². The maximum Gasteiger partial charge on any atom is 0.155 e. The zero-order valence-electron chi connectivity index (χ0n) is 11.1. The molecular weight excluding hydrogens is 224 g/mol. The third kappa shape index (κ3) is 2.12. The van der Waals surface area contributed by atoms with Crippen molar-refractivity contribution < 1.29 is 0 Å². The molecule has 0 spiro atoms. The van der Waals surface area contributed by atoms with Crippen LogP contribution < -0.4 is 0 Å². The Morgan fingerprint density at radius 1 is 1.22 bits per heavy atom. The molecule has 1 saturated heterocycles. The number of pyridine rings is 1. The van der Waals surface area contributed by atoms with Gasteiger partial charge in [0, 0.05) is 18.2 Å². The molecule has 96 valence electrons. The van der Waals surface area contributed by atoms with Crippen LogP contribution in [0, 0.1) is 0 Å². The third-order valence-corrected chi connectivity index (χ3v) is 3.88. The summed E-state index contributed by atoms with van der Waals surface area (Å²) < 4.78 is 1.88. The highest BCUT2D eigenvalue weighted by molar-refractivity contribution is 5.36. The summed E-state index contributed by atoms with van der Waals surface area (Å²) in [6.07, 6.45) is 4.32. The van der Waals surface area contributed by atoms with Crippen LogP contribution in [-0.2, 0) is 0 Å². The zero-order valence-corrected chi connectivity index (χ0v) is 11.1. The second-order valence-electron chi connectivity index (χ2n) is 5.38. The Morgan fingerprint density at radius 3 is 2.67 bits per heavy atom. The number of fused-ring (bicyclic) bond motifs is 1. The van der Waals surface area contributed by atoms with Crippen molar-refractivity contribution in [1.82, 2.24) is 19.5 Å². The number of hydrogen-bond acceptors (Lipinski definition) is 3. The Labute approximate surface area is 108 Å². The van der Waals surface area contributed by atoms with E-state index in [-0.39, 0.29) is 0 Å². The highest BCUT2D eigenvalue weighted by Crippen LogP contribution is 2.26. The molecule has 1 fully saturated rings. The summed E-state index contributed by atoms with van der Waals surface area (Å²) in [5.74, 6) is 1.55. The quantitative estimate of drug-likeness (QED) is 0.813. The van der Waals surface area contributed by atoms with Gasteiger partial charge >= 0.3 is 0 Å². The molecule has 2 aromatic heterocycles. The van der Waals surface area contributed by atoms with Gasteiger partial charge in [-0.3, -0.25) is 0 Å². The fourth-order valence-corrected chi connectivity index (χ4v) is 2.70. The highest BCUT2D eigenvalue weighted by atomic mass is 15.3. The Morgan fingerprint density at radius 2 is 2.00 bits per heavy atom.